The molecule has 0 aromatic carbocycles. The minimum Gasteiger partial charge on any atom is -0.342 e. The van der Waals surface area contributed by atoms with Crippen molar-refractivity contribution in [2.24, 2.45) is 0 Å². The molecule has 2 aromatic rings. The maximum absolute atomic E-state index is 12.9. The lowest BCUT2D eigenvalue weighted by atomic mass is 10.1. The predicted molar refractivity (Wildman–Crippen MR) is 109 cm³/mol. The largest absolute Gasteiger partial charge is 0.342 e. The molecular formula is C19H27N3O2S2. The summed E-state index contributed by atoms with van der Waals surface area (Å²) in [5, 5.41) is 1.39. The molecular weight excluding hydrogens is 366 g/mol. The third-order valence-electron chi connectivity index (χ3n) is 5.10. The van der Waals surface area contributed by atoms with Crippen molar-refractivity contribution in [2.45, 2.75) is 64.6 Å². The molecule has 2 aromatic heterocycles. The second-order valence-corrected chi connectivity index (χ2v) is 8.99. The fourth-order valence-electron chi connectivity index (χ4n) is 3.41. The van der Waals surface area contributed by atoms with Gasteiger partial charge in [-0.15, -0.1) is 11.3 Å². The van der Waals surface area contributed by atoms with E-state index in [1.807, 2.05) is 25.7 Å². The number of rotatable bonds is 4. The van der Waals surface area contributed by atoms with Crippen LogP contribution in [0.2, 0.25) is 0 Å². The number of fused-ring (bicyclic) bond motifs is 1. The lowest BCUT2D eigenvalue weighted by molar-refractivity contribution is -0.128. The van der Waals surface area contributed by atoms with Gasteiger partial charge in [0, 0.05) is 24.5 Å². The van der Waals surface area contributed by atoms with Gasteiger partial charge in [0.05, 0.1) is 11.1 Å². The van der Waals surface area contributed by atoms with Crippen LogP contribution in [-0.4, -0.2) is 39.2 Å². The van der Waals surface area contributed by atoms with E-state index in [1.165, 1.54) is 31.0 Å². The van der Waals surface area contributed by atoms with Crippen molar-refractivity contribution in [3.63, 3.8) is 0 Å². The molecule has 0 N–H and O–H groups in total. The van der Waals surface area contributed by atoms with Crippen molar-refractivity contribution in [2.75, 3.05) is 18.8 Å². The van der Waals surface area contributed by atoms with Gasteiger partial charge in [-0.3, -0.25) is 14.2 Å². The maximum atomic E-state index is 12.9. The van der Waals surface area contributed by atoms with E-state index in [4.69, 9.17) is 4.98 Å². The predicted octanol–water partition coefficient (Wildman–Crippen LogP) is 3.98. The van der Waals surface area contributed by atoms with Gasteiger partial charge in [0.2, 0.25) is 5.91 Å². The van der Waals surface area contributed by atoms with E-state index in [2.05, 4.69) is 0 Å². The van der Waals surface area contributed by atoms with E-state index in [-0.39, 0.29) is 11.5 Å². The molecule has 0 saturated carbocycles. The van der Waals surface area contributed by atoms with Crippen LogP contribution < -0.4 is 5.56 Å². The van der Waals surface area contributed by atoms with Crippen LogP contribution >= 0.6 is 23.1 Å². The highest BCUT2D eigenvalue weighted by Crippen LogP contribution is 2.28. The highest BCUT2D eigenvalue weighted by Gasteiger charge is 2.19. The first-order chi connectivity index (χ1) is 12.5. The fourth-order valence-corrected chi connectivity index (χ4v) is 5.45. The summed E-state index contributed by atoms with van der Waals surface area (Å²) in [4.78, 5) is 34.1. The summed E-state index contributed by atoms with van der Waals surface area (Å²) in [6.07, 6.45) is 5.88. The molecule has 0 atom stereocenters. The molecule has 0 aliphatic carbocycles. The number of carbonyl (C=O) groups excluding carboxylic acids is 1. The molecule has 1 aliphatic heterocycles. The Hall–Kier alpha value is -1.34. The van der Waals surface area contributed by atoms with E-state index in [1.54, 1.807) is 15.9 Å². The van der Waals surface area contributed by atoms with E-state index in [9.17, 15) is 9.59 Å². The number of aryl methyl sites for hydroxylation is 2. The summed E-state index contributed by atoms with van der Waals surface area (Å²) in [7, 11) is 0. The van der Waals surface area contributed by atoms with Crippen LogP contribution in [0.3, 0.4) is 0 Å². The average Bonchev–Trinajstić information content (AvgIpc) is 2.87. The first-order valence-electron chi connectivity index (χ1n) is 9.44. The first-order valence-corrected chi connectivity index (χ1v) is 11.2. The third kappa shape index (κ3) is 3.98. The number of hydrogen-bond acceptors (Lipinski definition) is 5. The van der Waals surface area contributed by atoms with E-state index in [0.29, 0.717) is 17.5 Å². The van der Waals surface area contributed by atoms with Gasteiger partial charge in [-0.05, 0) is 39.2 Å². The van der Waals surface area contributed by atoms with Crippen molar-refractivity contribution in [3.8, 4) is 0 Å². The Kier molecular flexibility index (Phi) is 6.40. The van der Waals surface area contributed by atoms with Gasteiger partial charge < -0.3 is 4.90 Å². The minimum absolute atomic E-state index is 0.0144. The molecule has 0 bridgehead atoms. The minimum atomic E-state index is 0.0144. The van der Waals surface area contributed by atoms with Gasteiger partial charge in [-0.25, -0.2) is 4.98 Å². The number of thioether (sulfide) groups is 1. The number of thiophene rings is 1. The standard InChI is InChI=1S/C19H27N3O2S2/c1-4-22-18(24)16-13(2)14(3)26-17(16)20-19(22)25-12-15(23)21-10-8-6-5-7-9-11-21/h4-12H2,1-3H3. The van der Waals surface area contributed by atoms with Gasteiger partial charge in [-0.1, -0.05) is 31.0 Å². The molecule has 26 heavy (non-hydrogen) atoms. The zero-order valence-corrected chi connectivity index (χ0v) is 17.5. The highest BCUT2D eigenvalue weighted by atomic mass is 32.2. The number of hydrogen-bond donors (Lipinski definition) is 0. The second kappa shape index (κ2) is 8.57. The lowest BCUT2D eigenvalue weighted by Crippen LogP contribution is -2.35. The van der Waals surface area contributed by atoms with Gasteiger partial charge in [0.1, 0.15) is 4.83 Å². The molecule has 7 heteroatoms. The van der Waals surface area contributed by atoms with Crippen LogP contribution in [0.15, 0.2) is 9.95 Å². The Morgan fingerprint density at radius 1 is 1.15 bits per heavy atom. The zero-order chi connectivity index (χ0) is 18.7. The van der Waals surface area contributed by atoms with E-state index < -0.39 is 0 Å². The molecule has 1 aliphatic rings. The summed E-state index contributed by atoms with van der Waals surface area (Å²) in [5.41, 5.74) is 1.04. The van der Waals surface area contributed by atoms with Crippen LogP contribution in [-0.2, 0) is 11.3 Å². The Balaban J connectivity index is 1.79. The number of aromatic nitrogens is 2. The van der Waals surface area contributed by atoms with Gasteiger partial charge in [-0.2, -0.15) is 0 Å². The smallest absolute Gasteiger partial charge is 0.263 e. The number of likely N-dealkylation sites (tertiary alicyclic amines) is 1. The molecule has 1 amide bonds. The Labute approximate surface area is 162 Å². The zero-order valence-electron chi connectivity index (χ0n) is 15.8. The highest BCUT2D eigenvalue weighted by molar-refractivity contribution is 7.99. The molecule has 0 unspecified atom stereocenters. The summed E-state index contributed by atoms with van der Waals surface area (Å²) >= 11 is 2.96. The van der Waals surface area contributed by atoms with Crippen LogP contribution in [0, 0.1) is 13.8 Å². The normalized spacial score (nSPS) is 15.9. The van der Waals surface area contributed by atoms with Crippen molar-refractivity contribution < 1.29 is 4.79 Å². The fraction of sp³-hybridized carbons (Fsp3) is 0.632. The molecule has 3 rings (SSSR count). The van der Waals surface area contributed by atoms with Gasteiger partial charge >= 0.3 is 0 Å². The van der Waals surface area contributed by atoms with Gasteiger partial charge in [0.15, 0.2) is 5.16 Å². The SMILES string of the molecule is CCn1c(SCC(=O)N2CCCCCCC2)nc2sc(C)c(C)c2c1=O. The van der Waals surface area contributed by atoms with Crippen LogP contribution in [0.5, 0.6) is 0 Å². The van der Waals surface area contributed by atoms with Crippen molar-refractivity contribution in [1.82, 2.24) is 14.5 Å². The number of amides is 1. The second-order valence-electron chi connectivity index (χ2n) is 6.84. The monoisotopic (exact) mass is 393 g/mol. The number of nitrogens with zero attached hydrogens (tertiary/aromatic N) is 3. The van der Waals surface area contributed by atoms with E-state index in [0.717, 1.165) is 46.6 Å². The van der Waals surface area contributed by atoms with Crippen LogP contribution in [0.1, 0.15) is 49.5 Å². The molecule has 142 valence electrons. The lowest BCUT2D eigenvalue weighted by Gasteiger charge is -2.24. The Bertz CT molecular complexity index is 849. The summed E-state index contributed by atoms with van der Waals surface area (Å²) in [6.45, 7) is 8.24. The van der Waals surface area contributed by atoms with E-state index >= 15 is 0 Å². The molecule has 5 nitrogen and oxygen atoms in total. The van der Waals surface area contributed by atoms with Crippen LogP contribution in [0.4, 0.5) is 0 Å². The Morgan fingerprint density at radius 3 is 2.46 bits per heavy atom. The Morgan fingerprint density at radius 2 is 1.81 bits per heavy atom. The summed E-state index contributed by atoms with van der Waals surface area (Å²) < 4.78 is 1.70. The van der Waals surface area contributed by atoms with Crippen molar-refractivity contribution >= 4 is 39.2 Å². The van der Waals surface area contributed by atoms with Gasteiger partial charge in [0.25, 0.3) is 5.56 Å². The number of carbonyl (C=O) groups is 1. The summed E-state index contributed by atoms with van der Waals surface area (Å²) in [6, 6.07) is 0. The van der Waals surface area contributed by atoms with Crippen molar-refractivity contribution in [1.29, 1.82) is 0 Å². The average molecular weight is 394 g/mol. The molecule has 1 fully saturated rings. The molecule has 1 saturated heterocycles. The molecule has 0 spiro atoms. The first kappa shape index (κ1) is 19.4. The van der Waals surface area contributed by atoms with Crippen molar-refractivity contribution in [3.05, 3.63) is 20.8 Å². The third-order valence-corrected chi connectivity index (χ3v) is 7.17. The maximum Gasteiger partial charge on any atom is 0.263 e. The molecule has 0 radical (unpaired) electrons. The molecule has 3 heterocycles. The van der Waals surface area contributed by atoms with Crippen LogP contribution in [0.25, 0.3) is 10.2 Å². The quantitative estimate of drug-likeness (QED) is 0.582. The summed E-state index contributed by atoms with van der Waals surface area (Å²) in [5.74, 6) is 0.508. The topological polar surface area (TPSA) is 55.2 Å².